The van der Waals surface area contributed by atoms with Gasteiger partial charge in [-0.25, -0.2) is 4.39 Å². The Morgan fingerprint density at radius 1 is 0.968 bits per heavy atom. The normalized spacial score (nSPS) is 10.9. The molecule has 0 aliphatic rings. The van der Waals surface area contributed by atoms with Gasteiger partial charge in [-0.1, -0.05) is 76.1 Å². The van der Waals surface area contributed by atoms with Crippen molar-refractivity contribution < 1.29 is 27.2 Å². The van der Waals surface area contributed by atoms with Crippen LogP contribution in [-0.4, -0.2) is 17.7 Å². The van der Waals surface area contributed by atoms with Crippen LogP contribution in [0.3, 0.4) is 0 Å². The molecule has 0 fully saturated rings. The zero-order valence-electron chi connectivity index (χ0n) is 19.7. The molecule has 6 heteroatoms. The van der Waals surface area contributed by atoms with Gasteiger partial charge in [0.15, 0.2) is 5.78 Å². The van der Waals surface area contributed by atoms with Crippen molar-refractivity contribution in [1.29, 1.82) is 0 Å². The van der Waals surface area contributed by atoms with E-state index in [0.717, 1.165) is 13.0 Å². The summed E-state index contributed by atoms with van der Waals surface area (Å²) in [5.74, 6) is -0.214. The standard InChI is InChI=1S/C9H11F3.C9H9FO.C4H10.C3H6O/c1-4-7(2)5-6-8(3)9(10,11)12;1-2-9(11)7-4-3-5-8(10)6-7;1-3-4-2;1-3(2)4/h4-6H,1H2,2-3H3;3-6H,2H2,1H3;3-4H2,1-2H3;1-2H3/b7-5-,8-6+;;;. The van der Waals surface area contributed by atoms with E-state index in [0.29, 0.717) is 17.6 Å². The van der Waals surface area contributed by atoms with E-state index in [1.54, 1.807) is 19.9 Å². The number of Topliss-reactive ketones (excluding diaryl/α,β-unsaturated/α-hetero) is 2. The fourth-order valence-electron chi connectivity index (χ4n) is 1.29. The molecule has 0 unspecified atom stereocenters. The Morgan fingerprint density at radius 3 is 1.77 bits per heavy atom. The van der Waals surface area contributed by atoms with Gasteiger partial charge < -0.3 is 4.79 Å². The zero-order valence-corrected chi connectivity index (χ0v) is 19.7. The summed E-state index contributed by atoms with van der Waals surface area (Å²) in [5, 5.41) is 0. The van der Waals surface area contributed by atoms with Crippen LogP contribution in [0.5, 0.6) is 0 Å². The maximum absolute atomic E-state index is 12.5. The number of hydrogen-bond acceptors (Lipinski definition) is 2. The van der Waals surface area contributed by atoms with Gasteiger partial charge in [-0.05, 0) is 39.8 Å². The number of alkyl halides is 3. The van der Waals surface area contributed by atoms with Gasteiger partial charge in [0, 0.05) is 17.6 Å². The van der Waals surface area contributed by atoms with Gasteiger partial charge in [-0.15, -0.1) is 0 Å². The molecule has 0 saturated heterocycles. The van der Waals surface area contributed by atoms with Crippen molar-refractivity contribution in [2.75, 3.05) is 0 Å². The minimum atomic E-state index is -4.22. The van der Waals surface area contributed by atoms with Crippen LogP contribution >= 0.6 is 0 Å². The summed E-state index contributed by atoms with van der Waals surface area (Å²) in [7, 11) is 0. The number of benzene rings is 1. The van der Waals surface area contributed by atoms with Gasteiger partial charge in [-0.3, -0.25) is 4.79 Å². The van der Waals surface area contributed by atoms with Crippen LogP contribution in [0.2, 0.25) is 0 Å². The number of unbranched alkanes of at least 4 members (excludes halogenated alkanes) is 1. The third kappa shape index (κ3) is 23.6. The number of carbonyl (C=O) groups is 2. The van der Waals surface area contributed by atoms with Crippen molar-refractivity contribution in [1.82, 2.24) is 0 Å². The number of allylic oxidation sites excluding steroid dienone is 5. The van der Waals surface area contributed by atoms with Gasteiger partial charge in [0.25, 0.3) is 0 Å². The second kappa shape index (κ2) is 19.5. The molecular formula is C25H36F4O2. The highest BCUT2D eigenvalue weighted by Gasteiger charge is 2.29. The SMILES string of the molecule is C=C/C(C)=C\C=C(/C)C(F)(F)F.CC(C)=O.CCC(=O)c1cccc(F)c1.CCCC. The molecule has 0 aliphatic heterocycles. The minimum absolute atomic E-state index is 0.0236. The molecule has 2 nitrogen and oxygen atoms in total. The van der Waals surface area contributed by atoms with E-state index in [1.807, 2.05) is 0 Å². The first-order valence-corrected chi connectivity index (χ1v) is 10.1. The molecule has 31 heavy (non-hydrogen) atoms. The highest BCUT2D eigenvalue weighted by atomic mass is 19.4. The van der Waals surface area contributed by atoms with Crippen molar-refractivity contribution in [3.05, 3.63) is 71.6 Å². The number of halogens is 4. The van der Waals surface area contributed by atoms with E-state index in [4.69, 9.17) is 0 Å². The average molecular weight is 445 g/mol. The van der Waals surface area contributed by atoms with E-state index < -0.39 is 11.7 Å². The maximum atomic E-state index is 12.5. The lowest BCUT2D eigenvalue weighted by Gasteiger charge is -2.04. The molecule has 0 heterocycles. The molecule has 0 atom stereocenters. The van der Waals surface area contributed by atoms with Crippen molar-refractivity contribution in [2.24, 2.45) is 0 Å². The van der Waals surface area contributed by atoms with Crippen LogP contribution in [0.15, 0.2) is 60.2 Å². The third-order valence-corrected chi connectivity index (χ3v) is 3.33. The second-order valence-corrected chi connectivity index (χ2v) is 6.66. The van der Waals surface area contributed by atoms with E-state index in [-0.39, 0.29) is 17.4 Å². The minimum Gasteiger partial charge on any atom is -0.300 e. The van der Waals surface area contributed by atoms with E-state index in [9.17, 15) is 27.2 Å². The molecule has 0 saturated carbocycles. The first-order chi connectivity index (χ1) is 14.3. The molecule has 1 aromatic carbocycles. The zero-order chi connectivity index (χ0) is 25.0. The lowest BCUT2D eigenvalue weighted by molar-refractivity contribution is -0.115. The van der Waals surface area contributed by atoms with Crippen LogP contribution in [0, 0.1) is 5.82 Å². The molecule has 0 N–H and O–H groups in total. The fraction of sp³-hybridized carbons (Fsp3) is 0.440. The number of hydrogen-bond donors (Lipinski definition) is 0. The van der Waals surface area contributed by atoms with E-state index in [2.05, 4.69) is 20.4 Å². The Labute approximate surface area is 184 Å². The Bertz CT molecular complexity index is 708. The Hall–Kier alpha value is -2.50. The molecule has 0 spiro atoms. The summed E-state index contributed by atoms with van der Waals surface area (Å²) in [6.45, 7) is 15.3. The van der Waals surface area contributed by atoms with Crippen LogP contribution < -0.4 is 0 Å². The van der Waals surface area contributed by atoms with Crippen LogP contribution in [0.4, 0.5) is 17.6 Å². The van der Waals surface area contributed by atoms with Gasteiger partial charge in [-0.2, -0.15) is 13.2 Å². The Morgan fingerprint density at radius 2 is 1.45 bits per heavy atom. The largest absolute Gasteiger partial charge is 0.412 e. The van der Waals surface area contributed by atoms with Gasteiger partial charge in [0.05, 0.1) is 0 Å². The monoisotopic (exact) mass is 444 g/mol. The van der Waals surface area contributed by atoms with Crippen molar-refractivity contribution in [3.8, 4) is 0 Å². The average Bonchev–Trinajstić information content (AvgIpc) is 2.70. The molecule has 0 aliphatic carbocycles. The van der Waals surface area contributed by atoms with E-state index >= 15 is 0 Å². The number of rotatable bonds is 5. The number of ketones is 2. The van der Waals surface area contributed by atoms with Crippen molar-refractivity contribution in [3.63, 3.8) is 0 Å². The van der Waals surface area contributed by atoms with Crippen molar-refractivity contribution >= 4 is 11.6 Å². The van der Waals surface area contributed by atoms with E-state index in [1.165, 1.54) is 57.0 Å². The molecule has 0 aromatic heterocycles. The molecule has 176 valence electrons. The van der Waals surface area contributed by atoms with Crippen LogP contribution in [0.25, 0.3) is 0 Å². The van der Waals surface area contributed by atoms with Gasteiger partial charge in [0.2, 0.25) is 0 Å². The molecule has 0 bridgehead atoms. The number of carbonyl (C=O) groups excluding carboxylic acids is 2. The molecular weight excluding hydrogens is 408 g/mol. The first-order valence-electron chi connectivity index (χ1n) is 10.1. The predicted molar refractivity (Wildman–Crippen MR) is 122 cm³/mol. The quantitative estimate of drug-likeness (QED) is 0.259. The van der Waals surface area contributed by atoms with Gasteiger partial charge >= 0.3 is 6.18 Å². The Balaban J connectivity index is -0.000000378. The third-order valence-electron chi connectivity index (χ3n) is 3.33. The molecule has 1 aromatic rings. The van der Waals surface area contributed by atoms with Crippen molar-refractivity contribution in [2.45, 2.75) is 73.9 Å². The van der Waals surface area contributed by atoms with Gasteiger partial charge in [0.1, 0.15) is 11.6 Å². The lowest BCUT2D eigenvalue weighted by Crippen LogP contribution is -2.08. The highest BCUT2D eigenvalue weighted by molar-refractivity contribution is 5.95. The molecule has 0 amide bonds. The fourth-order valence-corrected chi connectivity index (χ4v) is 1.29. The second-order valence-electron chi connectivity index (χ2n) is 6.66. The summed E-state index contributed by atoms with van der Waals surface area (Å²) >= 11 is 0. The summed E-state index contributed by atoms with van der Waals surface area (Å²) in [4.78, 5) is 20.4. The maximum Gasteiger partial charge on any atom is 0.412 e. The smallest absolute Gasteiger partial charge is 0.300 e. The molecule has 0 radical (unpaired) electrons. The van der Waals surface area contributed by atoms with Crippen LogP contribution in [0.1, 0.15) is 78.1 Å². The first kappa shape index (κ1) is 33.1. The predicted octanol–water partition coefficient (Wildman–Crippen LogP) is 8.45. The summed E-state index contributed by atoms with van der Waals surface area (Å²) < 4.78 is 48.2. The summed E-state index contributed by atoms with van der Waals surface area (Å²) in [5.41, 5.74) is 0.551. The van der Waals surface area contributed by atoms with Crippen LogP contribution in [-0.2, 0) is 4.79 Å². The highest BCUT2D eigenvalue weighted by Crippen LogP contribution is 2.24. The topological polar surface area (TPSA) is 34.1 Å². The Kier molecular flexibility index (Phi) is 20.8. The molecule has 1 rings (SSSR count). The summed E-state index contributed by atoms with van der Waals surface area (Å²) in [6, 6.07) is 5.74. The summed E-state index contributed by atoms with van der Waals surface area (Å²) in [6.07, 6.45) is 2.76. The lowest BCUT2D eigenvalue weighted by atomic mass is 10.1.